The van der Waals surface area contributed by atoms with E-state index in [4.69, 9.17) is 5.73 Å². The molecule has 0 unspecified atom stereocenters. The lowest BCUT2D eigenvalue weighted by Gasteiger charge is -2.11. The van der Waals surface area contributed by atoms with Crippen LogP contribution in [0.25, 0.3) is 0 Å². The van der Waals surface area contributed by atoms with Gasteiger partial charge in [0.05, 0.1) is 0 Å². The molecule has 0 heterocycles. The van der Waals surface area contributed by atoms with E-state index >= 15 is 0 Å². The van der Waals surface area contributed by atoms with E-state index in [1.807, 2.05) is 6.92 Å². The summed E-state index contributed by atoms with van der Waals surface area (Å²) in [6.45, 7) is 5.60. The number of benzene rings is 1. The lowest BCUT2D eigenvalue weighted by molar-refractivity contribution is 0.623. The van der Waals surface area contributed by atoms with E-state index in [0.29, 0.717) is 0 Å². The third-order valence-corrected chi connectivity index (χ3v) is 2.10. The molecule has 0 aliphatic heterocycles. The molecule has 0 saturated heterocycles. The van der Waals surface area contributed by atoms with Crippen LogP contribution in [0, 0.1) is 5.82 Å². The van der Waals surface area contributed by atoms with Crippen molar-refractivity contribution in [2.75, 3.05) is 0 Å². The van der Waals surface area contributed by atoms with Crippen molar-refractivity contribution in [1.82, 2.24) is 0 Å². The summed E-state index contributed by atoms with van der Waals surface area (Å²) in [5.74, 6) is -0.211. The Labute approximate surface area is 78.1 Å². The van der Waals surface area contributed by atoms with Gasteiger partial charge in [-0.15, -0.1) is 6.58 Å². The van der Waals surface area contributed by atoms with Crippen molar-refractivity contribution in [3.63, 3.8) is 0 Å². The zero-order chi connectivity index (χ0) is 9.84. The van der Waals surface area contributed by atoms with Crippen molar-refractivity contribution < 1.29 is 4.39 Å². The molecule has 2 heteroatoms. The topological polar surface area (TPSA) is 26.0 Å². The first-order chi connectivity index (χ1) is 6.19. The molecular weight excluding hydrogens is 165 g/mol. The highest BCUT2D eigenvalue weighted by atomic mass is 19.1. The molecule has 0 spiro atoms. The second-order valence-corrected chi connectivity index (χ2v) is 2.96. The number of rotatable bonds is 3. The monoisotopic (exact) mass is 179 g/mol. The molecule has 1 atom stereocenters. The van der Waals surface area contributed by atoms with E-state index in [9.17, 15) is 4.39 Å². The molecule has 0 fully saturated rings. The molecule has 1 aromatic carbocycles. The molecule has 70 valence electrons. The number of nitrogens with two attached hydrogens (primary N) is 1. The fourth-order valence-electron chi connectivity index (χ4n) is 1.33. The van der Waals surface area contributed by atoms with E-state index < -0.39 is 0 Å². The Balaban J connectivity index is 3.12. The van der Waals surface area contributed by atoms with Crippen molar-refractivity contribution >= 4 is 0 Å². The van der Waals surface area contributed by atoms with E-state index in [1.54, 1.807) is 12.1 Å². The van der Waals surface area contributed by atoms with Gasteiger partial charge in [-0.1, -0.05) is 19.1 Å². The van der Waals surface area contributed by atoms with Crippen molar-refractivity contribution in [1.29, 1.82) is 0 Å². The molecule has 13 heavy (non-hydrogen) atoms. The minimum atomic E-state index is -0.211. The van der Waals surface area contributed by atoms with Crippen LogP contribution in [0.15, 0.2) is 30.9 Å². The number of halogens is 1. The third kappa shape index (κ3) is 2.16. The highest BCUT2D eigenvalue weighted by molar-refractivity contribution is 5.32. The minimum absolute atomic E-state index is 0.199. The van der Waals surface area contributed by atoms with Crippen LogP contribution in [0.2, 0.25) is 0 Å². The van der Waals surface area contributed by atoms with Gasteiger partial charge in [0.25, 0.3) is 0 Å². The van der Waals surface area contributed by atoms with E-state index in [-0.39, 0.29) is 11.9 Å². The van der Waals surface area contributed by atoms with E-state index in [1.165, 1.54) is 12.1 Å². The first kappa shape index (κ1) is 9.93. The van der Waals surface area contributed by atoms with Crippen LogP contribution in [0.1, 0.15) is 24.1 Å². The SMILES string of the molecule is C=C[C@H](N)c1ccc(F)cc1CC. The molecule has 0 aliphatic carbocycles. The summed E-state index contributed by atoms with van der Waals surface area (Å²) < 4.78 is 12.8. The van der Waals surface area contributed by atoms with Gasteiger partial charge >= 0.3 is 0 Å². The van der Waals surface area contributed by atoms with Gasteiger partial charge in [0.2, 0.25) is 0 Å². The number of aryl methyl sites for hydroxylation is 1. The van der Waals surface area contributed by atoms with Crippen LogP contribution in [-0.2, 0) is 6.42 Å². The summed E-state index contributed by atoms with van der Waals surface area (Å²) >= 11 is 0. The fourth-order valence-corrected chi connectivity index (χ4v) is 1.33. The smallest absolute Gasteiger partial charge is 0.123 e. The molecular formula is C11H14FN. The molecule has 1 aromatic rings. The first-order valence-electron chi connectivity index (χ1n) is 4.35. The Hall–Kier alpha value is -1.15. The summed E-state index contributed by atoms with van der Waals surface area (Å²) in [6, 6.07) is 4.48. The average Bonchev–Trinajstić information content (AvgIpc) is 2.16. The highest BCUT2D eigenvalue weighted by Crippen LogP contribution is 2.18. The molecule has 0 aromatic heterocycles. The molecule has 0 radical (unpaired) electrons. The molecule has 0 amide bonds. The van der Waals surface area contributed by atoms with Crippen LogP contribution >= 0.6 is 0 Å². The maximum absolute atomic E-state index is 12.8. The second-order valence-electron chi connectivity index (χ2n) is 2.96. The Morgan fingerprint density at radius 1 is 1.62 bits per heavy atom. The lowest BCUT2D eigenvalue weighted by atomic mass is 9.99. The number of hydrogen-bond donors (Lipinski definition) is 1. The van der Waals surface area contributed by atoms with Crippen molar-refractivity contribution in [2.24, 2.45) is 5.73 Å². The summed E-state index contributed by atoms with van der Waals surface area (Å²) in [4.78, 5) is 0. The van der Waals surface area contributed by atoms with Gasteiger partial charge in [0, 0.05) is 6.04 Å². The van der Waals surface area contributed by atoms with Crippen LogP contribution < -0.4 is 5.73 Å². The predicted molar refractivity (Wildman–Crippen MR) is 52.9 cm³/mol. The van der Waals surface area contributed by atoms with Crippen LogP contribution in [0.5, 0.6) is 0 Å². The maximum atomic E-state index is 12.8. The maximum Gasteiger partial charge on any atom is 0.123 e. The van der Waals surface area contributed by atoms with Gasteiger partial charge in [-0.3, -0.25) is 0 Å². The normalized spacial score (nSPS) is 12.5. The minimum Gasteiger partial charge on any atom is -0.321 e. The van der Waals surface area contributed by atoms with Crippen LogP contribution in [0.3, 0.4) is 0 Å². The van der Waals surface area contributed by atoms with Gasteiger partial charge < -0.3 is 5.73 Å². The standard InChI is InChI=1S/C11H14FN/c1-3-8-7-9(12)5-6-10(8)11(13)4-2/h4-7,11H,2-3,13H2,1H3/t11-/m0/s1. The molecule has 1 nitrogen and oxygen atoms in total. The number of hydrogen-bond acceptors (Lipinski definition) is 1. The highest BCUT2D eigenvalue weighted by Gasteiger charge is 2.07. The quantitative estimate of drug-likeness (QED) is 0.709. The summed E-state index contributed by atoms with van der Waals surface area (Å²) in [6.07, 6.45) is 2.45. The fraction of sp³-hybridized carbons (Fsp3) is 0.273. The third-order valence-electron chi connectivity index (χ3n) is 2.10. The molecule has 0 aliphatic rings. The second kappa shape index (κ2) is 4.19. The predicted octanol–water partition coefficient (Wildman–Crippen LogP) is 2.57. The van der Waals surface area contributed by atoms with Gasteiger partial charge in [0.15, 0.2) is 0 Å². The van der Waals surface area contributed by atoms with Gasteiger partial charge in [-0.05, 0) is 29.7 Å². The molecule has 2 N–H and O–H groups in total. The zero-order valence-electron chi connectivity index (χ0n) is 7.76. The van der Waals surface area contributed by atoms with Gasteiger partial charge in [-0.25, -0.2) is 4.39 Å². The van der Waals surface area contributed by atoms with Crippen LogP contribution in [0.4, 0.5) is 4.39 Å². The molecule has 0 bridgehead atoms. The Morgan fingerprint density at radius 3 is 2.85 bits per heavy atom. The lowest BCUT2D eigenvalue weighted by Crippen LogP contribution is -2.09. The first-order valence-corrected chi connectivity index (χ1v) is 4.35. The van der Waals surface area contributed by atoms with Crippen molar-refractivity contribution in [3.05, 3.63) is 47.8 Å². The Kier molecular flexibility index (Phi) is 3.20. The Bertz CT molecular complexity index is 307. The van der Waals surface area contributed by atoms with Gasteiger partial charge in [0.1, 0.15) is 5.82 Å². The zero-order valence-corrected chi connectivity index (χ0v) is 7.76. The van der Waals surface area contributed by atoms with Gasteiger partial charge in [-0.2, -0.15) is 0 Å². The summed E-state index contributed by atoms with van der Waals surface area (Å²) in [5, 5.41) is 0. The van der Waals surface area contributed by atoms with Crippen LogP contribution in [-0.4, -0.2) is 0 Å². The van der Waals surface area contributed by atoms with E-state index in [2.05, 4.69) is 6.58 Å². The largest absolute Gasteiger partial charge is 0.321 e. The Morgan fingerprint density at radius 2 is 2.31 bits per heavy atom. The molecule has 1 rings (SSSR count). The van der Waals surface area contributed by atoms with Crippen molar-refractivity contribution in [2.45, 2.75) is 19.4 Å². The van der Waals surface area contributed by atoms with Crippen molar-refractivity contribution in [3.8, 4) is 0 Å². The summed E-state index contributed by atoms with van der Waals surface area (Å²) in [5.41, 5.74) is 7.69. The average molecular weight is 179 g/mol. The molecule has 0 saturated carbocycles. The van der Waals surface area contributed by atoms with E-state index in [0.717, 1.165) is 17.5 Å². The summed E-state index contributed by atoms with van der Waals surface area (Å²) in [7, 11) is 0.